The van der Waals surface area contributed by atoms with Crippen LogP contribution >= 0.6 is 0 Å². The Kier molecular flexibility index (Phi) is 7.70. The molecule has 3 aromatic carbocycles. The van der Waals surface area contributed by atoms with Gasteiger partial charge in [0.2, 0.25) is 5.91 Å². The summed E-state index contributed by atoms with van der Waals surface area (Å²) in [6, 6.07) is 29.9. The molecule has 0 spiro atoms. The van der Waals surface area contributed by atoms with Crippen molar-refractivity contribution in [3.05, 3.63) is 108 Å². The minimum atomic E-state index is -0.386. The lowest BCUT2D eigenvalue weighted by molar-refractivity contribution is -0.133. The van der Waals surface area contributed by atoms with Crippen LogP contribution in [0.4, 0.5) is 0 Å². The fraction of sp³-hybridized carbons (Fsp3) is 0.321. The molecule has 0 bridgehead atoms. The lowest BCUT2D eigenvalue weighted by Crippen LogP contribution is -2.41. The molecule has 32 heavy (non-hydrogen) atoms. The molecule has 1 amide bonds. The minimum absolute atomic E-state index is 0.0248. The van der Waals surface area contributed by atoms with E-state index in [4.69, 9.17) is 4.74 Å². The van der Waals surface area contributed by atoms with Gasteiger partial charge in [0.05, 0.1) is 24.7 Å². The topological polar surface area (TPSA) is 49.8 Å². The summed E-state index contributed by atoms with van der Waals surface area (Å²) >= 11 is 0. The average Bonchev–Trinajstić information content (AvgIpc) is 3.27. The first-order chi connectivity index (χ1) is 15.8. The van der Waals surface area contributed by atoms with Gasteiger partial charge >= 0.3 is 0 Å². The first-order valence-electron chi connectivity index (χ1n) is 11.4. The number of aliphatic hydroxyl groups is 1. The first-order valence-corrected chi connectivity index (χ1v) is 11.4. The van der Waals surface area contributed by atoms with E-state index in [0.717, 1.165) is 24.0 Å². The van der Waals surface area contributed by atoms with Gasteiger partial charge in [-0.15, -0.1) is 0 Å². The maximum absolute atomic E-state index is 13.7. The molecule has 1 N–H and O–H groups in total. The molecule has 1 aliphatic rings. The SMILES string of the molecule is O=C(C(c1ccccc1)c1ccccc1)N1C[C@@H](OCCCc2ccccc2)C[C@H]1CO. The highest BCUT2D eigenvalue weighted by Crippen LogP contribution is 2.31. The predicted molar refractivity (Wildman–Crippen MR) is 126 cm³/mol. The van der Waals surface area contributed by atoms with E-state index in [2.05, 4.69) is 24.3 Å². The van der Waals surface area contributed by atoms with Gasteiger partial charge in [-0.3, -0.25) is 4.79 Å². The van der Waals surface area contributed by atoms with E-state index >= 15 is 0 Å². The second-order valence-electron chi connectivity index (χ2n) is 8.40. The lowest BCUT2D eigenvalue weighted by Gasteiger charge is -2.28. The Bertz CT molecular complexity index is 922. The minimum Gasteiger partial charge on any atom is -0.394 e. The van der Waals surface area contributed by atoms with Gasteiger partial charge in [0.25, 0.3) is 0 Å². The smallest absolute Gasteiger partial charge is 0.234 e. The molecule has 0 unspecified atom stereocenters. The van der Waals surface area contributed by atoms with Crippen LogP contribution in [0, 0.1) is 0 Å². The van der Waals surface area contributed by atoms with Crippen LogP contribution in [0.2, 0.25) is 0 Å². The molecule has 0 aromatic heterocycles. The second kappa shape index (κ2) is 11.1. The maximum Gasteiger partial charge on any atom is 0.234 e. The monoisotopic (exact) mass is 429 g/mol. The van der Waals surface area contributed by atoms with Crippen LogP contribution in [0.3, 0.4) is 0 Å². The van der Waals surface area contributed by atoms with Crippen molar-refractivity contribution in [2.24, 2.45) is 0 Å². The van der Waals surface area contributed by atoms with E-state index in [1.165, 1.54) is 5.56 Å². The van der Waals surface area contributed by atoms with Crippen molar-refractivity contribution in [1.29, 1.82) is 0 Å². The van der Waals surface area contributed by atoms with Crippen LogP contribution < -0.4 is 0 Å². The molecular weight excluding hydrogens is 398 g/mol. The molecule has 1 saturated heterocycles. The Labute approximate surface area is 190 Å². The van der Waals surface area contributed by atoms with Gasteiger partial charge in [-0.2, -0.15) is 0 Å². The molecule has 2 atom stereocenters. The van der Waals surface area contributed by atoms with Gasteiger partial charge in [0, 0.05) is 13.2 Å². The third-order valence-electron chi connectivity index (χ3n) is 6.19. The number of rotatable bonds is 9. The van der Waals surface area contributed by atoms with Crippen LogP contribution in [0.5, 0.6) is 0 Å². The van der Waals surface area contributed by atoms with Crippen LogP contribution in [0.1, 0.15) is 35.4 Å². The number of nitrogens with zero attached hydrogens (tertiary/aromatic N) is 1. The standard InChI is InChI=1S/C28H31NO3/c30-21-25-19-26(32-18-10-13-22-11-4-1-5-12-22)20-29(25)28(31)27(23-14-6-2-7-15-23)24-16-8-3-9-17-24/h1-9,11-12,14-17,25-27,30H,10,13,18-21H2/t25-,26-/m0/s1. The molecule has 0 radical (unpaired) electrons. The zero-order valence-electron chi connectivity index (χ0n) is 18.3. The number of hydrogen-bond acceptors (Lipinski definition) is 3. The van der Waals surface area contributed by atoms with E-state index in [1.807, 2.05) is 71.6 Å². The summed E-state index contributed by atoms with van der Waals surface area (Å²) in [6.45, 7) is 1.12. The Hall–Kier alpha value is -2.95. The van der Waals surface area contributed by atoms with Crippen molar-refractivity contribution in [2.45, 2.75) is 37.3 Å². The third kappa shape index (κ3) is 5.45. The Balaban J connectivity index is 1.42. The number of aliphatic hydroxyl groups excluding tert-OH is 1. The van der Waals surface area contributed by atoms with Gasteiger partial charge in [0.1, 0.15) is 0 Å². The fourth-order valence-electron chi connectivity index (χ4n) is 4.54. The molecular formula is C28H31NO3. The van der Waals surface area contributed by atoms with Crippen molar-refractivity contribution in [1.82, 2.24) is 4.90 Å². The summed E-state index contributed by atoms with van der Waals surface area (Å²) in [6.07, 6.45) is 2.54. The average molecular weight is 430 g/mol. The summed E-state index contributed by atoms with van der Waals surface area (Å²) in [5, 5.41) is 10.00. The van der Waals surface area contributed by atoms with Crippen LogP contribution in [-0.4, -0.2) is 47.8 Å². The van der Waals surface area contributed by atoms with E-state index < -0.39 is 0 Å². The van der Waals surface area contributed by atoms with Gasteiger partial charge in [-0.1, -0.05) is 91.0 Å². The predicted octanol–water partition coefficient (Wildman–Crippen LogP) is 4.43. The number of carbonyl (C=O) groups excluding carboxylic acids is 1. The number of ether oxygens (including phenoxy) is 1. The van der Waals surface area contributed by atoms with Gasteiger partial charge in [-0.05, 0) is 36.0 Å². The summed E-state index contributed by atoms with van der Waals surface area (Å²) in [7, 11) is 0. The molecule has 166 valence electrons. The van der Waals surface area contributed by atoms with Crippen LogP contribution in [0.25, 0.3) is 0 Å². The Morgan fingerprint density at radius 3 is 2.03 bits per heavy atom. The fourth-order valence-corrected chi connectivity index (χ4v) is 4.54. The molecule has 4 nitrogen and oxygen atoms in total. The molecule has 1 heterocycles. The van der Waals surface area contributed by atoms with Crippen molar-refractivity contribution in [3.63, 3.8) is 0 Å². The quantitative estimate of drug-likeness (QED) is 0.512. The normalized spacial score (nSPS) is 18.2. The number of carbonyl (C=O) groups is 1. The maximum atomic E-state index is 13.7. The van der Waals surface area contributed by atoms with E-state index in [-0.39, 0.29) is 30.6 Å². The molecule has 1 aliphatic heterocycles. The van der Waals surface area contributed by atoms with Crippen molar-refractivity contribution >= 4 is 5.91 Å². The molecule has 0 aliphatic carbocycles. The summed E-state index contributed by atoms with van der Waals surface area (Å²) in [5.41, 5.74) is 3.24. The molecule has 3 aromatic rings. The van der Waals surface area contributed by atoms with Gasteiger partial charge in [0.15, 0.2) is 0 Å². The van der Waals surface area contributed by atoms with Gasteiger partial charge in [-0.25, -0.2) is 0 Å². The Morgan fingerprint density at radius 1 is 0.906 bits per heavy atom. The highest BCUT2D eigenvalue weighted by Gasteiger charge is 2.39. The summed E-state index contributed by atoms with van der Waals surface area (Å²) in [4.78, 5) is 15.6. The van der Waals surface area contributed by atoms with E-state index in [9.17, 15) is 9.90 Å². The molecule has 4 heteroatoms. The highest BCUT2D eigenvalue weighted by atomic mass is 16.5. The number of likely N-dealkylation sites (tertiary alicyclic amines) is 1. The van der Waals surface area contributed by atoms with Gasteiger partial charge < -0.3 is 14.7 Å². The lowest BCUT2D eigenvalue weighted by atomic mass is 9.90. The van der Waals surface area contributed by atoms with Crippen LogP contribution in [-0.2, 0) is 16.0 Å². The highest BCUT2D eigenvalue weighted by molar-refractivity contribution is 5.87. The van der Waals surface area contributed by atoms with E-state index in [1.54, 1.807) is 0 Å². The Morgan fingerprint density at radius 2 is 1.47 bits per heavy atom. The first kappa shape index (κ1) is 22.3. The summed E-state index contributed by atoms with van der Waals surface area (Å²) < 4.78 is 6.12. The largest absolute Gasteiger partial charge is 0.394 e. The molecule has 4 rings (SSSR count). The zero-order chi connectivity index (χ0) is 22.2. The van der Waals surface area contributed by atoms with E-state index in [0.29, 0.717) is 19.6 Å². The van der Waals surface area contributed by atoms with Crippen molar-refractivity contribution < 1.29 is 14.6 Å². The van der Waals surface area contributed by atoms with Crippen LogP contribution in [0.15, 0.2) is 91.0 Å². The summed E-state index contributed by atoms with van der Waals surface area (Å²) in [5.74, 6) is -0.361. The zero-order valence-corrected chi connectivity index (χ0v) is 18.3. The number of amides is 1. The molecule has 1 fully saturated rings. The third-order valence-corrected chi connectivity index (χ3v) is 6.19. The van der Waals surface area contributed by atoms with Crippen molar-refractivity contribution in [2.75, 3.05) is 19.8 Å². The second-order valence-corrected chi connectivity index (χ2v) is 8.40. The molecule has 0 saturated carbocycles. The van der Waals surface area contributed by atoms with Crippen molar-refractivity contribution in [3.8, 4) is 0 Å². The number of hydrogen-bond donors (Lipinski definition) is 1. The number of aryl methyl sites for hydroxylation is 1. The number of benzene rings is 3.